The van der Waals surface area contributed by atoms with Gasteiger partial charge >= 0.3 is 12.1 Å². The molecular weight excluding hydrogens is 424 g/mol. The Labute approximate surface area is 192 Å². The van der Waals surface area contributed by atoms with Crippen molar-refractivity contribution in [1.82, 2.24) is 10.2 Å². The van der Waals surface area contributed by atoms with Gasteiger partial charge in [-0.25, -0.2) is 4.79 Å². The quantitative estimate of drug-likeness (QED) is 0.698. The first-order chi connectivity index (χ1) is 16.0. The number of fused-ring (bicyclic) bond motifs is 3. The van der Waals surface area contributed by atoms with Crippen molar-refractivity contribution in [2.24, 2.45) is 5.92 Å². The molecule has 174 valence electrons. The molecule has 2 aromatic rings. The third-order valence-corrected chi connectivity index (χ3v) is 6.27. The van der Waals surface area contributed by atoms with Gasteiger partial charge in [-0.2, -0.15) is 0 Å². The third kappa shape index (κ3) is 4.85. The van der Waals surface area contributed by atoms with Crippen molar-refractivity contribution in [2.45, 2.75) is 25.3 Å². The van der Waals surface area contributed by atoms with Crippen molar-refractivity contribution >= 4 is 18.0 Å². The summed E-state index contributed by atoms with van der Waals surface area (Å²) in [5.74, 6) is -2.20. The SMILES string of the molecule is CCC(NC(=O)OCC1c2ccccc2-c2ccccc21)C(=O)N1CCOCC(C(=O)O)C1. The number of carbonyl (C=O) groups excluding carboxylic acids is 2. The van der Waals surface area contributed by atoms with E-state index in [1.165, 1.54) is 4.90 Å². The first-order valence-corrected chi connectivity index (χ1v) is 11.2. The van der Waals surface area contributed by atoms with Crippen LogP contribution < -0.4 is 5.32 Å². The summed E-state index contributed by atoms with van der Waals surface area (Å²) in [6.45, 7) is 2.60. The van der Waals surface area contributed by atoms with Crippen molar-refractivity contribution in [2.75, 3.05) is 32.9 Å². The molecule has 1 aliphatic carbocycles. The predicted molar refractivity (Wildman–Crippen MR) is 121 cm³/mol. The molecule has 2 aliphatic rings. The minimum Gasteiger partial charge on any atom is -0.481 e. The van der Waals surface area contributed by atoms with Crippen LogP contribution in [0.3, 0.4) is 0 Å². The number of hydrogen-bond acceptors (Lipinski definition) is 5. The maximum absolute atomic E-state index is 13.0. The Morgan fingerprint density at radius 1 is 1.12 bits per heavy atom. The van der Waals surface area contributed by atoms with Crippen molar-refractivity contribution in [3.8, 4) is 11.1 Å². The van der Waals surface area contributed by atoms with Crippen LogP contribution in [0.25, 0.3) is 11.1 Å². The fourth-order valence-electron chi connectivity index (χ4n) is 4.50. The first-order valence-electron chi connectivity index (χ1n) is 11.2. The molecule has 2 atom stereocenters. The Balaban J connectivity index is 1.39. The molecule has 1 aliphatic heterocycles. The lowest BCUT2D eigenvalue weighted by molar-refractivity contribution is -0.144. The Kier molecular flexibility index (Phi) is 6.93. The summed E-state index contributed by atoms with van der Waals surface area (Å²) in [5.41, 5.74) is 4.50. The minimum absolute atomic E-state index is 0.0526. The first kappa shape index (κ1) is 22.8. The van der Waals surface area contributed by atoms with Crippen molar-refractivity contribution in [3.05, 3.63) is 59.7 Å². The fourth-order valence-corrected chi connectivity index (χ4v) is 4.50. The number of nitrogens with zero attached hydrogens (tertiary/aromatic N) is 1. The average molecular weight is 453 g/mol. The Morgan fingerprint density at radius 2 is 1.76 bits per heavy atom. The number of benzene rings is 2. The summed E-state index contributed by atoms with van der Waals surface area (Å²) in [6.07, 6.45) is -0.309. The largest absolute Gasteiger partial charge is 0.481 e. The zero-order chi connectivity index (χ0) is 23.4. The van der Waals surface area contributed by atoms with E-state index in [1.54, 1.807) is 6.92 Å². The van der Waals surface area contributed by atoms with Crippen LogP contribution in [0.4, 0.5) is 4.79 Å². The lowest BCUT2D eigenvalue weighted by Crippen LogP contribution is -2.50. The van der Waals surface area contributed by atoms with Gasteiger partial charge in [-0.1, -0.05) is 55.5 Å². The lowest BCUT2D eigenvalue weighted by Gasteiger charge is -2.27. The number of rotatable bonds is 6. The van der Waals surface area contributed by atoms with E-state index >= 15 is 0 Å². The number of aliphatic carboxylic acids is 1. The standard InChI is InChI=1S/C25H28N2O6/c1-2-22(23(28)27-11-12-32-14-16(13-27)24(29)30)26-25(31)33-15-21-19-9-5-3-7-17(19)18-8-4-6-10-20(18)21/h3-10,16,21-22H,2,11-15H2,1H3,(H,26,31)(H,29,30). The molecule has 0 bridgehead atoms. The maximum atomic E-state index is 13.0. The van der Waals surface area contributed by atoms with E-state index in [2.05, 4.69) is 17.4 Å². The molecule has 33 heavy (non-hydrogen) atoms. The molecule has 8 heteroatoms. The van der Waals surface area contributed by atoms with Gasteiger partial charge in [0.05, 0.1) is 19.1 Å². The Bertz CT molecular complexity index is 994. The fraction of sp³-hybridized carbons (Fsp3) is 0.400. The maximum Gasteiger partial charge on any atom is 0.407 e. The van der Waals surface area contributed by atoms with E-state index in [1.807, 2.05) is 36.4 Å². The molecule has 0 radical (unpaired) electrons. The molecule has 2 unspecified atom stereocenters. The average Bonchev–Trinajstić information content (AvgIpc) is 2.96. The molecule has 2 amide bonds. The second kappa shape index (κ2) is 10.0. The molecule has 0 saturated carbocycles. The van der Waals surface area contributed by atoms with Gasteiger partial charge in [-0.15, -0.1) is 0 Å². The van der Waals surface area contributed by atoms with Crippen molar-refractivity contribution in [3.63, 3.8) is 0 Å². The molecule has 8 nitrogen and oxygen atoms in total. The zero-order valence-electron chi connectivity index (χ0n) is 18.5. The topological polar surface area (TPSA) is 105 Å². The van der Waals surface area contributed by atoms with Crippen LogP contribution in [0.15, 0.2) is 48.5 Å². The van der Waals surface area contributed by atoms with Crippen LogP contribution in [0.1, 0.15) is 30.4 Å². The van der Waals surface area contributed by atoms with Gasteiger partial charge in [-0.05, 0) is 28.7 Å². The van der Waals surface area contributed by atoms with Gasteiger partial charge in [-0.3, -0.25) is 9.59 Å². The van der Waals surface area contributed by atoms with Crippen molar-refractivity contribution < 1.29 is 29.0 Å². The van der Waals surface area contributed by atoms with E-state index in [4.69, 9.17) is 9.47 Å². The third-order valence-electron chi connectivity index (χ3n) is 6.27. The van der Waals surface area contributed by atoms with Crippen LogP contribution >= 0.6 is 0 Å². The molecular formula is C25H28N2O6. The summed E-state index contributed by atoms with van der Waals surface area (Å²) in [7, 11) is 0. The van der Waals surface area contributed by atoms with Gasteiger partial charge in [0.25, 0.3) is 0 Å². The summed E-state index contributed by atoms with van der Waals surface area (Å²) < 4.78 is 10.9. The van der Waals surface area contributed by atoms with Gasteiger partial charge in [0.2, 0.25) is 5.91 Å². The monoisotopic (exact) mass is 452 g/mol. The summed E-state index contributed by atoms with van der Waals surface area (Å²) in [6, 6.07) is 15.3. The van der Waals surface area contributed by atoms with Gasteiger partial charge in [0.1, 0.15) is 12.6 Å². The zero-order valence-corrected chi connectivity index (χ0v) is 18.5. The van der Waals surface area contributed by atoms with E-state index in [9.17, 15) is 19.5 Å². The highest BCUT2D eigenvalue weighted by molar-refractivity contribution is 5.86. The van der Waals surface area contributed by atoms with E-state index in [-0.39, 0.29) is 44.7 Å². The highest BCUT2D eigenvalue weighted by Crippen LogP contribution is 2.44. The Morgan fingerprint density at radius 3 is 2.36 bits per heavy atom. The Hall–Kier alpha value is -3.39. The molecule has 1 heterocycles. The number of nitrogens with one attached hydrogen (secondary N) is 1. The van der Waals surface area contributed by atoms with Crippen LogP contribution in [0, 0.1) is 5.92 Å². The second-order valence-corrected chi connectivity index (χ2v) is 8.33. The van der Waals surface area contributed by atoms with Gasteiger partial charge < -0.3 is 24.8 Å². The molecule has 2 N–H and O–H groups in total. The number of hydrogen-bond donors (Lipinski definition) is 2. The minimum atomic E-state index is -1.01. The molecule has 1 saturated heterocycles. The summed E-state index contributed by atoms with van der Waals surface area (Å²) >= 11 is 0. The smallest absolute Gasteiger partial charge is 0.407 e. The number of amides is 2. The predicted octanol–water partition coefficient (Wildman–Crippen LogP) is 2.86. The second-order valence-electron chi connectivity index (χ2n) is 8.33. The molecule has 0 aromatic heterocycles. The summed E-state index contributed by atoms with van der Waals surface area (Å²) in [5, 5.41) is 12.0. The highest BCUT2D eigenvalue weighted by atomic mass is 16.5. The van der Waals surface area contributed by atoms with Crippen LogP contribution in [0.2, 0.25) is 0 Å². The normalized spacial score (nSPS) is 18.6. The van der Waals surface area contributed by atoms with E-state index in [0.29, 0.717) is 6.42 Å². The number of alkyl carbamates (subject to hydrolysis) is 1. The molecule has 0 spiro atoms. The summed E-state index contributed by atoms with van der Waals surface area (Å²) in [4.78, 5) is 38.4. The number of carboxylic acids is 1. The van der Waals surface area contributed by atoms with Crippen LogP contribution in [-0.4, -0.2) is 66.9 Å². The number of carbonyl (C=O) groups is 3. The highest BCUT2D eigenvalue weighted by Gasteiger charge is 2.32. The van der Waals surface area contributed by atoms with Crippen molar-refractivity contribution in [1.29, 1.82) is 0 Å². The molecule has 2 aromatic carbocycles. The van der Waals surface area contributed by atoms with Crippen LogP contribution in [0.5, 0.6) is 0 Å². The molecule has 4 rings (SSSR count). The van der Waals surface area contributed by atoms with Crippen LogP contribution in [-0.2, 0) is 19.1 Å². The van der Waals surface area contributed by atoms with E-state index in [0.717, 1.165) is 22.3 Å². The van der Waals surface area contributed by atoms with E-state index < -0.39 is 24.0 Å². The molecule has 1 fully saturated rings. The lowest BCUT2D eigenvalue weighted by atomic mass is 9.98. The number of carboxylic acid groups (broad SMARTS) is 1. The van der Waals surface area contributed by atoms with Gasteiger partial charge in [0.15, 0.2) is 0 Å². The van der Waals surface area contributed by atoms with Gasteiger partial charge in [0, 0.05) is 19.0 Å². The number of ether oxygens (including phenoxy) is 2.